The van der Waals surface area contributed by atoms with Crippen molar-refractivity contribution in [2.75, 3.05) is 0 Å². The lowest BCUT2D eigenvalue weighted by Gasteiger charge is -2.23. The fourth-order valence-electron chi connectivity index (χ4n) is 2.39. The number of benzene rings is 1. The van der Waals surface area contributed by atoms with Crippen molar-refractivity contribution in [3.05, 3.63) is 35.9 Å². The molecule has 0 aliphatic heterocycles. The molecule has 1 aromatic carbocycles. The zero-order valence-electron chi connectivity index (χ0n) is 12.4. The van der Waals surface area contributed by atoms with Gasteiger partial charge in [0.25, 0.3) is 0 Å². The van der Waals surface area contributed by atoms with Crippen LogP contribution in [0.4, 0.5) is 4.79 Å². The molecule has 1 rings (SSSR count). The Balaban J connectivity index is 3.27. The third-order valence-electron chi connectivity index (χ3n) is 3.43. The molecule has 0 fully saturated rings. The van der Waals surface area contributed by atoms with E-state index >= 15 is 0 Å². The lowest BCUT2D eigenvalue weighted by Crippen LogP contribution is -2.40. The summed E-state index contributed by atoms with van der Waals surface area (Å²) < 4.78 is 11.8. The molecule has 1 aromatic rings. The van der Waals surface area contributed by atoms with Gasteiger partial charge < -0.3 is 20.6 Å². The molecule has 0 aromatic heterocycles. The van der Waals surface area contributed by atoms with Crippen molar-refractivity contribution >= 4 is 26.1 Å². The minimum atomic E-state index is -3.11. The van der Waals surface area contributed by atoms with E-state index in [1.54, 1.807) is 18.2 Å². The Bertz CT molecular complexity index is 620. The van der Waals surface area contributed by atoms with Crippen LogP contribution in [0.3, 0.4) is 0 Å². The predicted molar refractivity (Wildman–Crippen MR) is 82.0 cm³/mol. The van der Waals surface area contributed by atoms with Gasteiger partial charge in [0.15, 0.2) is 0 Å². The van der Waals surface area contributed by atoms with Crippen molar-refractivity contribution in [2.24, 2.45) is 5.92 Å². The van der Waals surface area contributed by atoms with E-state index in [2.05, 4.69) is 5.32 Å². The Morgan fingerprint density at radius 3 is 2.08 bits per heavy atom. The molecule has 0 bridgehead atoms. The summed E-state index contributed by atoms with van der Waals surface area (Å²) in [5.41, 5.74) is -1.21. The maximum atomic E-state index is 11.8. The highest BCUT2D eigenvalue weighted by molar-refractivity contribution is 7.39. The first-order valence-electron chi connectivity index (χ1n) is 6.88. The molecule has 0 saturated heterocycles. The maximum Gasteiger partial charge on any atom is 0.512 e. The number of nitrogens with one attached hydrogen (secondary N) is 1. The Kier molecular flexibility index (Phi) is 7.29. The summed E-state index contributed by atoms with van der Waals surface area (Å²) >= 11 is 0. The number of hydrogen-bond donors (Lipinski definition) is 5. The van der Waals surface area contributed by atoms with Crippen LogP contribution in [0, 0.1) is 5.92 Å². The highest BCUT2D eigenvalue weighted by Gasteiger charge is 2.49. The van der Waals surface area contributed by atoms with Crippen molar-refractivity contribution in [3.8, 4) is 0 Å². The van der Waals surface area contributed by atoms with Crippen LogP contribution in [-0.4, -0.2) is 43.9 Å². The molecule has 1 amide bonds. The van der Waals surface area contributed by atoms with Gasteiger partial charge in [0, 0.05) is 6.42 Å². The Morgan fingerprint density at radius 1 is 1.08 bits per heavy atom. The van der Waals surface area contributed by atoms with Gasteiger partial charge in [-0.15, -0.1) is 0 Å². The lowest BCUT2D eigenvalue weighted by molar-refractivity contribution is -0.143. The minimum Gasteiger partial charge on any atom is -0.481 e. The minimum absolute atomic E-state index is 0.309. The van der Waals surface area contributed by atoms with Gasteiger partial charge in [0.05, 0.1) is 0 Å². The molecule has 4 unspecified atom stereocenters. The van der Waals surface area contributed by atoms with Gasteiger partial charge in [0.2, 0.25) is 5.66 Å². The summed E-state index contributed by atoms with van der Waals surface area (Å²) in [6.45, 7) is 0. The van der Waals surface area contributed by atoms with Gasteiger partial charge in [0.1, 0.15) is 12.0 Å². The number of carboxylic acid groups (broad SMARTS) is 3. The van der Waals surface area contributed by atoms with E-state index in [0.717, 1.165) is 0 Å². The molecule has 130 valence electrons. The molecule has 0 spiro atoms. The monoisotopic (exact) mass is 358 g/mol. The zero-order valence-corrected chi connectivity index (χ0v) is 13.3. The van der Waals surface area contributed by atoms with E-state index in [9.17, 15) is 28.9 Å². The van der Waals surface area contributed by atoms with Crippen LogP contribution >= 0.6 is 8.03 Å². The summed E-state index contributed by atoms with van der Waals surface area (Å²) in [6, 6.07) is 6.49. The number of hydrogen-bond acceptors (Lipinski definition) is 4. The van der Waals surface area contributed by atoms with Gasteiger partial charge in [-0.05, 0) is 16.5 Å². The zero-order chi connectivity index (χ0) is 18.3. The highest BCUT2D eigenvalue weighted by atomic mass is 31.1. The van der Waals surface area contributed by atoms with Crippen molar-refractivity contribution in [2.45, 2.75) is 24.5 Å². The van der Waals surface area contributed by atoms with Crippen LogP contribution in [0.2, 0.25) is 0 Å². The van der Waals surface area contributed by atoms with E-state index in [4.69, 9.17) is 10.2 Å². The SMILES string of the molecule is O=C(O)CCC(C(=O)O)C(C(NC(=O)O)c1ccccc1)[P+](=O)O. The second kappa shape index (κ2) is 8.95. The highest BCUT2D eigenvalue weighted by Crippen LogP contribution is 2.40. The average molecular weight is 358 g/mol. The molecule has 0 aliphatic rings. The summed E-state index contributed by atoms with van der Waals surface area (Å²) in [7, 11) is -3.11. The molecule has 24 heavy (non-hydrogen) atoms. The summed E-state index contributed by atoms with van der Waals surface area (Å²) in [4.78, 5) is 42.8. The number of amides is 1. The van der Waals surface area contributed by atoms with Crippen LogP contribution in [0.1, 0.15) is 24.4 Å². The maximum absolute atomic E-state index is 11.8. The van der Waals surface area contributed by atoms with Crippen molar-refractivity contribution in [1.82, 2.24) is 5.32 Å². The second-order valence-electron chi connectivity index (χ2n) is 5.01. The summed E-state index contributed by atoms with van der Waals surface area (Å²) in [5.74, 6) is -4.23. The van der Waals surface area contributed by atoms with E-state index in [-0.39, 0.29) is 0 Å². The molecule has 9 nitrogen and oxygen atoms in total. The smallest absolute Gasteiger partial charge is 0.481 e. The van der Waals surface area contributed by atoms with Crippen LogP contribution < -0.4 is 5.32 Å². The van der Waals surface area contributed by atoms with Gasteiger partial charge in [-0.2, -0.15) is 4.89 Å². The quantitative estimate of drug-likeness (QED) is 0.416. The normalized spacial score (nSPS) is 15.0. The summed E-state index contributed by atoms with van der Waals surface area (Å²) in [6.07, 6.45) is -2.42. The molecule has 0 heterocycles. The fourth-order valence-corrected chi connectivity index (χ4v) is 3.48. The molecule has 10 heteroatoms. The van der Waals surface area contributed by atoms with Gasteiger partial charge >= 0.3 is 26.1 Å². The second-order valence-corrected chi connectivity index (χ2v) is 6.21. The van der Waals surface area contributed by atoms with Crippen molar-refractivity contribution in [3.63, 3.8) is 0 Å². The van der Waals surface area contributed by atoms with E-state index < -0.39 is 56.5 Å². The molecule has 5 N–H and O–H groups in total. The first-order chi connectivity index (χ1) is 11.2. The standard InChI is InChI=1S/C14H16NO8P/c16-10(17)7-6-9(13(18)19)12(24(22)23)11(15-14(20)21)8-4-2-1-3-5-8/h1-5,9,11-12,15H,6-7H2,(H3-,16,17,18,19,20,21,22,23)/p+1. The molecular formula is C14H17NO8P+. The Labute approximate surface area is 137 Å². The fraction of sp³-hybridized carbons (Fsp3) is 0.357. The topological polar surface area (TPSA) is 161 Å². The average Bonchev–Trinajstić information content (AvgIpc) is 2.49. The largest absolute Gasteiger partial charge is 0.512 e. The molecule has 0 saturated carbocycles. The van der Waals surface area contributed by atoms with Crippen molar-refractivity contribution in [1.29, 1.82) is 0 Å². The van der Waals surface area contributed by atoms with E-state index in [0.29, 0.717) is 5.56 Å². The van der Waals surface area contributed by atoms with Crippen molar-refractivity contribution < 1.29 is 39.2 Å². The third kappa shape index (κ3) is 5.60. The van der Waals surface area contributed by atoms with Crippen LogP contribution in [-0.2, 0) is 14.2 Å². The number of carboxylic acids is 2. The molecular weight excluding hydrogens is 341 g/mol. The number of carbonyl (C=O) groups is 3. The molecule has 0 radical (unpaired) electrons. The van der Waals surface area contributed by atoms with E-state index in [1.807, 2.05) is 0 Å². The van der Waals surface area contributed by atoms with Gasteiger partial charge in [-0.25, -0.2) is 4.79 Å². The van der Waals surface area contributed by atoms with Gasteiger partial charge in [-0.1, -0.05) is 30.3 Å². The molecule has 4 atom stereocenters. The molecule has 0 aliphatic carbocycles. The van der Waals surface area contributed by atoms with Crippen LogP contribution in [0.25, 0.3) is 0 Å². The summed E-state index contributed by atoms with van der Waals surface area (Å²) in [5, 5.41) is 29.1. The Hall–Kier alpha value is -2.51. The first kappa shape index (κ1) is 19.5. The van der Waals surface area contributed by atoms with E-state index in [1.165, 1.54) is 12.1 Å². The number of aliphatic carboxylic acids is 2. The number of rotatable bonds is 9. The van der Waals surface area contributed by atoms with Crippen LogP contribution in [0.5, 0.6) is 0 Å². The predicted octanol–water partition coefficient (Wildman–Crippen LogP) is 1.66. The Morgan fingerprint density at radius 2 is 1.67 bits per heavy atom. The lowest BCUT2D eigenvalue weighted by atomic mass is 9.90. The van der Waals surface area contributed by atoms with Gasteiger partial charge in [-0.3, -0.25) is 9.59 Å². The third-order valence-corrected chi connectivity index (χ3v) is 4.60. The van der Waals surface area contributed by atoms with Crippen LogP contribution in [0.15, 0.2) is 30.3 Å². The first-order valence-corrected chi connectivity index (χ1v) is 8.16.